The molecule has 0 amide bonds. The average molecular weight is 536 g/mol. The van der Waals surface area contributed by atoms with Gasteiger partial charge in [-0.3, -0.25) is 8.98 Å². The molecule has 164 valence electrons. The van der Waals surface area contributed by atoms with Gasteiger partial charge < -0.3 is 9.84 Å². The zero-order valence-electron chi connectivity index (χ0n) is 17.8. The van der Waals surface area contributed by atoms with E-state index >= 15 is 0 Å². The van der Waals surface area contributed by atoms with Crippen LogP contribution in [0.4, 0.5) is 0 Å². The Balaban J connectivity index is 2.12. The Kier molecular flexibility index (Phi) is 6.84. The minimum Gasteiger partial charge on any atom is -0.460 e. The normalized spacial score (nSPS) is 47.1. The van der Waals surface area contributed by atoms with E-state index < -0.39 is 29.0 Å². The molecule has 0 aromatic rings. The van der Waals surface area contributed by atoms with Crippen LogP contribution in [0.25, 0.3) is 0 Å². The van der Waals surface area contributed by atoms with Gasteiger partial charge in [0.1, 0.15) is 11.9 Å². The molecule has 0 radical (unpaired) electrons. The van der Waals surface area contributed by atoms with Gasteiger partial charge >= 0.3 is 5.97 Å². The van der Waals surface area contributed by atoms with Crippen LogP contribution in [0.3, 0.4) is 0 Å². The summed E-state index contributed by atoms with van der Waals surface area (Å²) in [6.45, 7) is 12.3. The highest BCUT2D eigenvalue weighted by atomic mass is 127. The highest BCUT2D eigenvalue weighted by Crippen LogP contribution is 2.67. The fourth-order valence-corrected chi connectivity index (χ4v) is 7.29. The first-order chi connectivity index (χ1) is 13.6. The summed E-state index contributed by atoms with van der Waals surface area (Å²) in [5.74, 6) is -0.152. The Bertz CT molecular complexity index is 686. The molecule has 0 saturated heterocycles. The number of rotatable bonds is 5. The Hall–Kier alpha value is -0.120. The number of Topliss-reactive ketones (excluding diaryl/α,β-unsaturated/α-hetero) is 1. The largest absolute Gasteiger partial charge is 0.460 e. The molecule has 2 bridgehead atoms. The Morgan fingerprint density at radius 2 is 2.07 bits per heavy atom. The molecule has 2 unspecified atom stereocenters. The zero-order chi connectivity index (χ0) is 21.6. The molecular weight excluding hydrogens is 503 g/mol. The number of aliphatic hydroxyl groups excluding tert-OH is 1. The van der Waals surface area contributed by atoms with Crippen LogP contribution in [0.5, 0.6) is 0 Å². The van der Waals surface area contributed by atoms with Crippen LogP contribution in [-0.4, -0.2) is 35.7 Å². The van der Waals surface area contributed by atoms with Gasteiger partial charge in [-0.2, -0.15) is 0 Å². The molecule has 0 heterocycles. The van der Waals surface area contributed by atoms with Crippen molar-refractivity contribution < 1.29 is 23.6 Å². The maximum absolute atomic E-state index is 13.2. The number of hydrogen-bond acceptors (Lipinski definition) is 6. The first kappa shape index (κ1) is 23.5. The summed E-state index contributed by atoms with van der Waals surface area (Å²) in [4.78, 5) is 25.8. The van der Waals surface area contributed by atoms with Crippen LogP contribution in [0, 0.1) is 34.0 Å². The summed E-state index contributed by atoms with van der Waals surface area (Å²) in [7, 11) is 1.10. The van der Waals surface area contributed by atoms with Crippen LogP contribution in [-0.2, 0) is 18.5 Å². The number of carbonyl (C=O) groups excluding carboxylic acids is 2. The Labute approximate surface area is 190 Å². The molecule has 5 nitrogen and oxygen atoms in total. The lowest BCUT2D eigenvalue weighted by molar-refractivity contribution is -0.207. The maximum Gasteiger partial charge on any atom is 0.333 e. The third kappa shape index (κ3) is 3.61. The topological polar surface area (TPSA) is 72.8 Å². The molecule has 0 spiro atoms. The van der Waals surface area contributed by atoms with E-state index in [0.717, 1.165) is 28.5 Å². The molecule has 3 saturated carbocycles. The molecule has 3 fully saturated rings. The van der Waals surface area contributed by atoms with Crippen molar-refractivity contribution in [3.8, 4) is 0 Å². The monoisotopic (exact) mass is 536 g/mol. The highest BCUT2D eigenvalue weighted by molar-refractivity contribution is 14.2. The van der Waals surface area contributed by atoms with E-state index in [-0.39, 0.29) is 35.6 Å². The fourth-order valence-electron chi connectivity index (χ4n) is 6.76. The molecule has 8 atom stereocenters. The molecule has 0 aromatic heterocycles. The Morgan fingerprint density at radius 3 is 2.69 bits per heavy atom. The van der Waals surface area contributed by atoms with E-state index in [2.05, 4.69) is 27.4 Å². The molecule has 0 aromatic carbocycles. The van der Waals surface area contributed by atoms with Crippen molar-refractivity contribution in [2.75, 3.05) is 6.61 Å². The van der Waals surface area contributed by atoms with E-state index in [1.54, 1.807) is 0 Å². The van der Waals surface area contributed by atoms with Crippen molar-refractivity contribution in [3.63, 3.8) is 0 Å². The van der Waals surface area contributed by atoms with Crippen molar-refractivity contribution in [3.05, 3.63) is 12.7 Å². The fraction of sp³-hybridized carbons (Fsp3) is 0.818. The third-order valence-corrected chi connectivity index (χ3v) is 9.77. The van der Waals surface area contributed by atoms with Gasteiger partial charge in [0.15, 0.2) is 6.61 Å². The minimum absolute atomic E-state index is 0.0239. The lowest BCUT2D eigenvalue weighted by atomic mass is 9.44. The van der Waals surface area contributed by atoms with Crippen molar-refractivity contribution in [2.45, 2.75) is 72.0 Å². The van der Waals surface area contributed by atoms with Crippen LogP contribution < -0.4 is 0 Å². The third-order valence-electron chi connectivity index (χ3n) is 8.80. The van der Waals surface area contributed by atoms with Gasteiger partial charge in [-0.1, -0.05) is 33.8 Å². The van der Waals surface area contributed by atoms with E-state index in [1.165, 1.54) is 0 Å². The quantitative estimate of drug-likeness (QED) is 0.233. The molecule has 3 rings (SSSR count). The second-order valence-corrected chi connectivity index (χ2v) is 11.3. The van der Waals surface area contributed by atoms with E-state index in [9.17, 15) is 14.7 Å². The van der Waals surface area contributed by atoms with E-state index in [1.807, 2.05) is 34.2 Å². The van der Waals surface area contributed by atoms with Gasteiger partial charge in [-0.15, -0.1) is 6.58 Å². The van der Waals surface area contributed by atoms with Gasteiger partial charge in [0, 0.05) is 44.4 Å². The van der Waals surface area contributed by atoms with E-state index in [4.69, 9.17) is 8.92 Å². The standard InChI is InChI=1S/C22H33IO5S/c1-6-20(4)11-16(28-17(25)12-27-29-23)21(5)13(2)7-9-22(14(3)19(20)26)10-8-15(24)18(21)22/h6,13-14,16,18-19,26H,1,7-12H2,2-5H3/t13-,14?,16+,18-,19-,20?,21+,22-/m0/s1. The summed E-state index contributed by atoms with van der Waals surface area (Å²) < 4.78 is 11.2. The van der Waals surface area contributed by atoms with Crippen LogP contribution in [0.15, 0.2) is 12.7 Å². The van der Waals surface area contributed by atoms with Gasteiger partial charge in [0.2, 0.25) is 0 Å². The number of esters is 1. The van der Waals surface area contributed by atoms with Crippen LogP contribution in [0.2, 0.25) is 0 Å². The van der Waals surface area contributed by atoms with Crippen molar-refractivity contribution in [2.24, 2.45) is 34.0 Å². The summed E-state index contributed by atoms with van der Waals surface area (Å²) in [5, 5.41) is 11.4. The van der Waals surface area contributed by atoms with Gasteiger partial charge in [-0.25, -0.2) is 4.79 Å². The predicted molar refractivity (Wildman–Crippen MR) is 122 cm³/mol. The van der Waals surface area contributed by atoms with Gasteiger partial charge in [-0.05, 0) is 42.9 Å². The smallest absolute Gasteiger partial charge is 0.333 e. The molecule has 1 N–H and O–H groups in total. The SMILES string of the molecule is C=CC1(C)C[C@@H](OC(=O)COSI)[C@]2(C)[C@@H]3C(=O)CC[C@@]3(CC[C@@H]2C)C(C)[C@@H]1O. The lowest BCUT2D eigenvalue weighted by Crippen LogP contribution is -2.63. The number of ketones is 1. The molecule has 3 aliphatic rings. The summed E-state index contributed by atoms with van der Waals surface area (Å²) >= 11 is 1.97. The maximum atomic E-state index is 13.2. The molecular formula is C22H33IO5S. The number of hydrogen-bond donors (Lipinski definition) is 1. The zero-order valence-corrected chi connectivity index (χ0v) is 20.8. The number of carbonyl (C=O) groups is 2. The first-order valence-electron chi connectivity index (χ1n) is 10.5. The lowest BCUT2D eigenvalue weighted by Gasteiger charge is -2.61. The molecule has 7 heteroatoms. The molecule has 0 aliphatic heterocycles. The second-order valence-electron chi connectivity index (χ2n) is 9.89. The van der Waals surface area contributed by atoms with Crippen molar-refractivity contribution in [1.29, 1.82) is 0 Å². The first-order valence-corrected chi connectivity index (χ1v) is 13.8. The Morgan fingerprint density at radius 1 is 1.38 bits per heavy atom. The van der Waals surface area contributed by atoms with Gasteiger partial charge in [0.25, 0.3) is 0 Å². The number of halogens is 1. The van der Waals surface area contributed by atoms with Crippen LogP contribution >= 0.6 is 30.4 Å². The van der Waals surface area contributed by atoms with Crippen molar-refractivity contribution in [1.82, 2.24) is 0 Å². The second kappa shape index (κ2) is 8.43. The van der Waals surface area contributed by atoms with Crippen molar-refractivity contribution >= 4 is 42.2 Å². The molecule has 29 heavy (non-hydrogen) atoms. The minimum atomic E-state index is -0.645. The summed E-state index contributed by atoms with van der Waals surface area (Å²) in [5.41, 5.74) is -1.33. The van der Waals surface area contributed by atoms with E-state index in [0.29, 0.717) is 12.8 Å². The summed E-state index contributed by atoms with van der Waals surface area (Å²) in [6, 6.07) is 0. The number of aliphatic hydroxyl groups is 1. The van der Waals surface area contributed by atoms with Gasteiger partial charge in [0.05, 0.1) is 15.3 Å². The molecule has 3 aliphatic carbocycles. The predicted octanol–water partition coefficient (Wildman–Crippen LogP) is 4.91. The average Bonchev–Trinajstić information content (AvgIpc) is 3.05. The van der Waals surface area contributed by atoms with Crippen LogP contribution in [0.1, 0.15) is 59.8 Å². The summed E-state index contributed by atoms with van der Waals surface area (Å²) in [6.07, 6.45) is 4.38. The highest BCUT2D eigenvalue weighted by Gasteiger charge is 2.68. The number of ether oxygens (including phenoxy) is 1.